The van der Waals surface area contributed by atoms with Crippen LogP contribution in [0.3, 0.4) is 0 Å². The van der Waals surface area contributed by atoms with Crippen LogP contribution < -0.4 is 5.32 Å². The van der Waals surface area contributed by atoms with Gasteiger partial charge in [0.1, 0.15) is 11.4 Å². The third-order valence-electron chi connectivity index (χ3n) is 3.03. The van der Waals surface area contributed by atoms with Gasteiger partial charge in [0.2, 0.25) is 0 Å². The van der Waals surface area contributed by atoms with Crippen molar-refractivity contribution in [3.05, 3.63) is 47.8 Å². The van der Waals surface area contributed by atoms with Crippen LogP contribution in [0.25, 0.3) is 0 Å². The summed E-state index contributed by atoms with van der Waals surface area (Å²) in [5, 5.41) is 12.2. The first kappa shape index (κ1) is 13.2. The summed E-state index contributed by atoms with van der Waals surface area (Å²) in [6, 6.07) is 8.77. The maximum Gasteiger partial charge on any atom is 0.272 e. The molecule has 1 heterocycles. The Balaban J connectivity index is 2.23. The van der Waals surface area contributed by atoms with E-state index in [1.165, 1.54) is 0 Å². The second-order valence-electron chi connectivity index (χ2n) is 4.85. The van der Waals surface area contributed by atoms with Gasteiger partial charge in [0, 0.05) is 17.9 Å². The summed E-state index contributed by atoms with van der Waals surface area (Å²) in [5.41, 5.74) is 2.16. The van der Waals surface area contributed by atoms with E-state index in [-0.39, 0.29) is 17.7 Å². The predicted molar refractivity (Wildman–Crippen MR) is 75.6 cm³/mol. The van der Waals surface area contributed by atoms with Gasteiger partial charge in [0.25, 0.3) is 5.91 Å². The van der Waals surface area contributed by atoms with Gasteiger partial charge < -0.3 is 15.0 Å². The van der Waals surface area contributed by atoms with Gasteiger partial charge in [-0.3, -0.25) is 4.79 Å². The van der Waals surface area contributed by atoms with E-state index in [0.29, 0.717) is 11.4 Å². The Morgan fingerprint density at radius 1 is 1.32 bits per heavy atom. The number of nitrogens with zero attached hydrogens (tertiary/aromatic N) is 1. The molecule has 4 heteroatoms. The van der Waals surface area contributed by atoms with Crippen LogP contribution in [0, 0.1) is 6.92 Å². The third-order valence-corrected chi connectivity index (χ3v) is 3.03. The second kappa shape index (κ2) is 5.18. The molecule has 1 aromatic carbocycles. The summed E-state index contributed by atoms with van der Waals surface area (Å²) in [4.78, 5) is 12.2. The van der Waals surface area contributed by atoms with E-state index in [9.17, 15) is 9.90 Å². The standard InChI is InChI=1S/C15H18N2O2/c1-10(2)17-8-4-5-14(17)15(19)16-13-7-6-12(18)9-11(13)3/h4-10,18H,1-3H3,(H,16,19). The molecule has 0 atom stereocenters. The number of hydrogen-bond donors (Lipinski definition) is 2. The van der Waals surface area contributed by atoms with E-state index in [0.717, 1.165) is 5.56 Å². The molecule has 0 fully saturated rings. The number of nitrogens with one attached hydrogen (secondary N) is 1. The van der Waals surface area contributed by atoms with Crippen LogP contribution in [0.4, 0.5) is 5.69 Å². The van der Waals surface area contributed by atoms with Gasteiger partial charge in [-0.25, -0.2) is 0 Å². The minimum Gasteiger partial charge on any atom is -0.508 e. The molecule has 1 amide bonds. The van der Waals surface area contributed by atoms with E-state index in [4.69, 9.17) is 0 Å². The first-order chi connectivity index (χ1) is 8.99. The van der Waals surface area contributed by atoms with Gasteiger partial charge in [0.05, 0.1) is 0 Å². The molecule has 0 aliphatic carbocycles. The molecule has 2 N–H and O–H groups in total. The van der Waals surface area contributed by atoms with Crippen LogP contribution >= 0.6 is 0 Å². The first-order valence-corrected chi connectivity index (χ1v) is 6.27. The number of carbonyl (C=O) groups excluding carboxylic acids is 1. The number of aryl methyl sites for hydroxylation is 1. The Morgan fingerprint density at radius 2 is 2.05 bits per heavy atom. The summed E-state index contributed by atoms with van der Waals surface area (Å²) in [5.74, 6) is 0.0496. The molecule has 100 valence electrons. The fourth-order valence-corrected chi connectivity index (χ4v) is 2.01. The average molecular weight is 258 g/mol. The molecule has 0 bridgehead atoms. The molecule has 1 aromatic heterocycles. The van der Waals surface area contributed by atoms with Crippen LogP contribution in [0.15, 0.2) is 36.5 Å². The number of phenols is 1. The van der Waals surface area contributed by atoms with Crippen molar-refractivity contribution in [2.75, 3.05) is 5.32 Å². The Kier molecular flexibility index (Phi) is 3.60. The van der Waals surface area contributed by atoms with Crippen molar-refractivity contribution in [2.45, 2.75) is 26.8 Å². The van der Waals surface area contributed by atoms with Gasteiger partial charge >= 0.3 is 0 Å². The Labute approximate surface area is 112 Å². The summed E-state index contributed by atoms with van der Waals surface area (Å²) < 4.78 is 1.92. The van der Waals surface area contributed by atoms with Crippen molar-refractivity contribution >= 4 is 11.6 Å². The quantitative estimate of drug-likeness (QED) is 0.830. The Hall–Kier alpha value is -2.23. The fraction of sp³-hybridized carbons (Fsp3) is 0.267. The number of amides is 1. The predicted octanol–water partition coefficient (Wildman–Crippen LogP) is 3.34. The largest absolute Gasteiger partial charge is 0.508 e. The molecule has 2 rings (SSSR count). The van der Waals surface area contributed by atoms with Crippen molar-refractivity contribution in [3.63, 3.8) is 0 Å². The summed E-state index contributed by atoms with van der Waals surface area (Å²) >= 11 is 0. The maximum absolute atomic E-state index is 12.2. The van der Waals surface area contributed by atoms with E-state index < -0.39 is 0 Å². The molecule has 2 aromatic rings. The number of carbonyl (C=O) groups is 1. The number of rotatable bonds is 3. The SMILES string of the molecule is Cc1cc(O)ccc1NC(=O)c1cccn1C(C)C. The monoisotopic (exact) mass is 258 g/mol. The average Bonchev–Trinajstić information content (AvgIpc) is 2.82. The lowest BCUT2D eigenvalue weighted by molar-refractivity contribution is 0.101. The summed E-state index contributed by atoms with van der Waals surface area (Å²) in [6.07, 6.45) is 1.89. The van der Waals surface area contributed by atoms with Crippen LogP contribution in [0.1, 0.15) is 35.9 Å². The smallest absolute Gasteiger partial charge is 0.272 e. The highest BCUT2D eigenvalue weighted by Crippen LogP contribution is 2.21. The zero-order valence-electron chi connectivity index (χ0n) is 11.3. The molecule has 0 spiro atoms. The molecular weight excluding hydrogens is 240 g/mol. The van der Waals surface area contributed by atoms with Gasteiger partial charge in [-0.15, -0.1) is 0 Å². The lowest BCUT2D eigenvalue weighted by atomic mass is 10.2. The van der Waals surface area contributed by atoms with Crippen molar-refractivity contribution in [2.24, 2.45) is 0 Å². The summed E-state index contributed by atoms with van der Waals surface area (Å²) in [7, 11) is 0. The number of aromatic hydroxyl groups is 1. The van der Waals surface area contributed by atoms with Crippen LogP contribution in [0.5, 0.6) is 5.75 Å². The molecule has 0 radical (unpaired) electrons. The minimum absolute atomic E-state index is 0.146. The highest BCUT2D eigenvalue weighted by atomic mass is 16.3. The van der Waals surface area contributed by atoms with Crippen molar-refractivity contribution in [1.82, 2.24) is 4.57 Å². The highest BCUT2D eigenvalue weighted by Gasteiger charge is 2.13. The lowest BCUT2D eigenvalue weighted by Gasteiger charge is -2.14. The van der Waals surface area contributed by atoms with Gasteiger partial charge in [-0.05, 0) is 56.7 Å². The van der Waals surface area contributed by atoms with E-state index in [1.807, 2.05) is 37.6 Å². The molecule has 19 heavy (non-hydrogen) atoms. The second-order valence-corrected chi connectivity index (χ2v) is 4.85. The van der Waals surface area contributed by atoms with Gasteiger partial charge in [0.15, 0.2) is 0 Å². The van der Waals surface area contributed by atoms with Crippen LogP contribution in [-0.4, -0.2) is 15.6 Å². The Bertz CT molecular complexity index is 600. The number of aromatic nitrogens is 1. The van der Waals surface area contributed by atoms with Gasteiger partial charge in [-0.1, -0.05) is 0 Å². The minimum atomic E-state index is -0.146. The van der Waals surface area contributed by atoms with E-state index in [2.05, 4.69) is 5.32 Å². The number of anilines is 1. The number of benzene rings is 1. The topological polar surface area (TPSA) is 54.3 Å². The van der Waals surface area contributed by atoms with E-state index >= 15 is 0 Å². The molecule has 0 saturated heterocycles. The van der Waals surface area contributed by atoms with Crippen molar-refractivity contribution < 1.29 is 9.90 Å². The molecule has 0 unspecified atom stereocenters. The number of phenolic OH excluding ortho intramolecular Hbond substituents is 1. The zero-order valence-corrected chi connectivity index (χ0v) is 11.3. The molecule has 0 saturated carbocycles. The normalized spacial score (nSPS) is 10.7. The lowest BCUT2D eigenvalue weighted by Crippen LogP contribution is -2.18. The zero-order chi connectivity index (χ0) is 14.0. The maximum atomic E-state index is 12.2. The third kappa shape index (κ3) is 2.78. The Morgan fingerprint density at radius 3 is 2.68 bits per heavy atom. The molecular formula is C15H18N2O2. The number of hydrogen-bond acceptors (Lipinski definition) is 2. The molecule has 0 aliphatic rings. The van der Waals surface area contributed by atoms with Gasteiger partial charge in [-0.2, -0.15) is 0 Å². The fourth-order valence-electron chi connectivity index (χ4n) is 2.01. The molecule has 0 aliphatic heterocycles. The van der Waals surface area contributed by atoms with Crippen molar-refractivity contribution in [3.8, 4) is 5.75 Å². The van der Waals surface area contributed by atoms with E-state index in [1.54, 1.807) is 24.3 Å². The van der Waals surface area contributed by atoms with Crippen LogP contribution in [0.2, 0.25) is 0 Å². The highest BCUT2D eigenvalue weighted by molar-refractivity contribution is 6.03. The van der Waals surface area contributed by atoms with Crippen LogP contribution in [-0.2, 0) is 0 Å². The first-order valence-electron chi connectivity index (χ1n) is 6.27. The van der Waals surface area contributed by atoms with Crippen molar-refractivity contribution in [1.29, 1.82) is 0 Å². The summed E-state index contributed by atoms with van der Waals surface area (Å²) in [6.45, 7) is 5.90. The molecule has 4 nitrogen and oxygen atoms in total.